The third-order valence-electron chi connectivity index (χ3n) is 8.22. The first-order valence-corrected chi connectivity index (χ1v) is 15.1. The first kappa shape index (κ1) is 28.0. The summed E-state index contributed by atoms with van der Waals surface area (Å²) in [4.78, 5) is 19.1. The molecule has 3 N–H and O–H groups in total. The van der Waals surface area contributed by atoms with E-state index in [1.165, 1.54) is 25.3 Å². The highest BCUT2D eigenvalue weighted by Gasteiger charge is 2.18. The lowest BCUT2D eigenvalue weighted by molar-refractivity contribution is 0.154. The zero-order valence-electron chi connectivity index (χ0n) is 24.9. The number of aromatic nitrogens is 6. The molecule has 0 radical (unpaired) electrons. The van der Waals surface area contributed by atoms with E-state index < -0.39 is 0 Å². The van der Waals surface area contributed by atoms with Gasteiger partial charge >= 0.3 is 0 Å². The molecule has 0 aliphatic heterocycles. The van der Waals surface area contributed by atoms with Crippen molar-refractivity contribution >= 4 is 27.6 Å². The maximum Gasteiger partial charge on any atom is 0.181 e. The second-order valence-electron chi connectivity index (χ2n) is 11.8. The van der Waals surface area contributed by atoms with Crippen LogP contribution in [-0.2, 0) is 0 Å². The van der Waals surface area contributed by atoms with Crippen molar-refractivity contribution < 1.29 is 9.13 Å². The Morgan fingerprint density at radius 2 is 1.73 bits per heavy atom. The monoisotopic (exact) mass is 590 g/mol. The van der Waals surface area contributed by atoms with Gasteiger partial charge in [-0.15, -0.1) is 0 Å². The Labute approximate surface area is 254 Å². The third-order valence-corrected chi connectivity index (χ3v) is 8.22. The maximum absolute atomic E-state index is 14.7. The molecule has 1 aliphatic rings. The fourth-order valence-electron chi connectivity index (χ4n) is 5.97. The van der Waals surface area contributed by atoms with Crippen LogP contribution in [0.2, 0.25) is 0 Å². The van der Waals surface area contributed by atoms with E-state index in [9.17, 15) is 4.39 Å². The summed E-state index contributed by atoms with van der Waals surface area (Å²) in [6.45, 7) is 1.55. The number of nitrogens with one attached hydrogen (secondary N) is 3. The Hall–Kier alpha value is -4.83. The van der Waals surface area contributed by atoms with Gasteiger partial charge in [0.15, 0.2) is 5.65 Å². The van der Waals surface area contributed by atoms with E-state index in [0.29, 0.717) is 12.2 Å². The zero-order chi connectivity index (χ0) is 30.0. The van der Waals surface area contributed by atoms with E-state index in [4.69, 9.17) is 4.74 Å². The lowest BCUT2D eigenvalue weighted by Crippen LogP contribution is -2.20. The van der Waals surface area contributed by atoms with Crippen molar-refractivity contribution in [2.75, 3.05) is 32.5 Å². The quantitative estimate of drug-likeness (QED) is 0.166. The standard InChI is InChI=1S/C34H35FN8O/c1-43(2)9-8-38-25-11-21(10-24(35)14-25)30-19-37-20-32-28(30)15-31(40-32)33-29-13-23(17-39-34(29)42-41-33)22-12-27(18-36-16-22)44-26-6-4-3-5-7-26/h10-20,26,38,40H,3-9H2,1-2H3,(H,39,41,42). The lowest BCUT2D eigenvalue weighted by Gasteiger charge is -2.23. The van der Waals surface area contributed by atoms with E-state index in [-0.39, 0.29) is 11.9 Å². The van der Waals surface area contributed by atoms with Gasteiger partial charge < -0.3 is 19.9 Å². The molecule has 0 amide bonds. The third kappa shape index (κ3) is 5.85. The fourth-order valence-corrected chi connectivity index (χ4v) is 5.97. The number of ether oxygens (including phenoxy) is 1. The van der Waals surface area contributed by atoms with Gasteiger partial charge in [-0.25, -0.2) is 9.37 Å². The van der Waals surface area contributed by atoms with Gasteiger partial charge in [-0.3, -0.25) is 15.1 Å². The molecule has 9 nitrogen and oxygen atoms in total. The molecular formula is C34H35FN8O. The number of H-pyrrole nitrogens is 2. The van der Waals surface area contributed by atoms with E-state index in [0.717, 1.165) is 80.8 Å². The van der Waals surface area contributed by atoms with Crippen LogP contribution in [0.5, 0.6) is 5.75 Å². The Kier molecular flexibility index (Phi) is 7.66. The number of anilines is 1. The van der Waals surface area contributed by atoms with Crippen molar-refractivity contribution in [3.63, 3.8) is 0 Å². The number of nitrogens with zero attached hydrogens (tertiary/aromatic N) is 5. The molecule has 1 aromatic carbocycles. The summed E-state index contributed by atoms with van der Waals surface area (Å²) in [5.74, 6) is 0.481. The number of aromatic amines is 2. The van der Waals surface area contributed by atoms with Crippen LogP contribution in [0.25, 0.3) is 55.6 Å². The van der Waals surface area contributed by atoms with Crippen LogP contribution in [0, 0.1) is 5.82 Å². The van der Waals surface area contributed by atoms with Crippen molar-refractivity contribution in [3.05, 3.63) is 73.2 Å². The van der Waals surface area contributed by atoms with Crippen molar-refractivity contribution in [1.82, 2.24) is 35.0 Å². The molecule has 1 fully saturated rings. The normalized spacial score (nSPS) is 14.1. The number of fused-ring (bicyclic) bond motifs is 2. The predicted molar refractivity (Wildman–Crippen MR) is 172 cm³/mol. The average Bonchev–Trinajstić information content (AvgIpc) is 3.65. The van der Waals surface area contributed by atoms with E-state index in [1.54, 1.807) is 24.7 Å². The number of benzene rings is 1. The van der Waals surface area contributed by atoms with Gasteiger partial charge in [0, 0.05) is 64.8 Å². The molecule has 7 rings (SSSR count). The second kappa shape index (κ2) is 12.0. The summed E-state index contributed by atoms with van der Waals surface area (Å²) < 4.78 is 21.0. The molecule has 0 spiro atoms. The predicted octanol–water partition coefficient (Wildman–Crippen LogP) is 7.05. The van der Waals surface area contributed by atoms with Crippen LogP contribution in [0.3, 0.4) is 0 Å². The number of hydrogen-bond donors (Lipinski definition) is 3. The van der Waals surface area contributed by atoms with Crippen LogP contribution in [0.1, 0.15) is 32.1 Å². The Balaban J connectivity index is 1.21. The van der Waals surface area contributed by atoms with Gasteiger partial charge in [0.2, 0.25) is 0 Å². The van der Waals surface area contributed by atoms with Crippen molar-refractivity contribution in [2.24, 2.45) is 0 Å². The lowest BCUT2D eigenvalue weighted by atomic mass is 9.98. The average molecular weight is 591 g/mol. The number of halogens is 1. The van der Waals surface area contributed by atoms with Crippen LogP contribution < -0.4 is 10.1 Å². The number of likely N-dealkylation sites (N-methyl/N-ethyl adjacent to an activating group) is 1. The Morgan fingerprint density at radius 3 is 2.59 bits per heavy atom. The van der Waals surface area contributed by atoms with Crippen LogP contribution in [0.4, 0.5) is 10.1 Å². The highest BCUT2D eigenvalue weighted by molar-refractivity contribution is 6.00. The van der Waals surface area contributed by atoms with Crippen LogP contribution >= 0.6 is 0 Å². The van der Waals surface area contributed by atoms with Gasteiger partial charge in [0.1, 0.15) is 11.6 Å². The van der Waals surface area contributed by atoms with Gasteiger partial charge in [0.05, 0.1) is 35.4 Å². The summed E-state index contributed by atoms with van der Waals surface area (Å²) in [5, 5.41) is 12.8. The number of hydrogen-bond acceptors (Lipinski definition) is 7. The highest BCUT2D eigenvalue weighted by Crippen LogP contribution is 2.36. The Bertz CT molecular complexity index is 1920. The first-order chi connectivity index (χ1) is 21.5. The summed E-state index contributed by atoms with van der Waals surface area (Å²) in [7, 11) is 4.02. The minimum atomic E-state index is -0.302. The molecular weight excluding hydrogens is 555 g/mol. The summed E-state index contributed by atoms with van der Waals surface area (Å²) in [6, 6.07) is 11.2. The summed E-state index contributed by atoms with van der Waals surface area (Å²) in [5.41, 5.74) is 7.28. The van der Waals surface area contributed by atoms with E-state index in [2.05, 4.69) is 52.5 Å². The maximum atomic E-state index is 14.7. The molecule has 1 aliphatic carbocycles. The van der Waals surface area contributed by atoms with Crippen molar-refractivity contribution in [1.29, 1.82) is 0 Å². The minimum absolute atomic E-state index is 0.251. The molecule has 5 aromatic heterocycles. The SMILES string of the molecule is CN(C)CCNc1cc(F)cc(-c2cncc3[nH]c(-c4[nH]nc5ncc(-c6cncc(OC7CCCCC7)c6)cc45)cc23)c1. The van der Waals surface area contributed by atoms with Crippen molar-refractivity contribution in [2.45, 2.75) is 38.2 Å². The number of pyridine rings is 3. The molecule has 0 unspecified atom stereocenters. The molecule has 224 valence electrons. The molecule has 1 saturated carbocycles. The molecule has 0 atom stereocenters. The van der Waals surface area contributed by atoms with Crippen molar-refractivity contribution in [3.8, 4) is 39.4 Å². The molecule has 0 bridgehead atoms. The fraction of sp³-hybridized carbons (Fsp3) is 0.294. The largest absolute Gasteiger partial charge is 0.489 e. The molecule has 0 saturated heterocycles. The molecule has 5 heterocycles. The Morgan fingerprint density at radius 1 is 0.886 bits per heavy atom. The zero-order valence-corrected chi connectivity index (χ0v) is 24.9. The van der Waals surface area contributed by atoms with Crippen LogP contribution in [-0.4, -0.2) is 68.3 Å². The van der Waals surface area contributed by atoms with Gasteiger partial charge in [-0.05, 0) is 81.7 Å². The van der Waals surface area contributed by atoms with Gasteiger partial charge in [-0.2, -0.15) is 5.10 Å². The smallest absolute Gasteiger partial charge is 0.181 e. The molecule has 10 heteroatoms. The summed E-state index contributed by atoms with van der Waals surface area (Å²) >= 11 is 0. The first-order valence-electron chi connectivity index (χ1n) is 15.1. The van der Waals surface area contributed by atoms with E-state index in [1.807, 2.05) is 38.6 Å². The van der Waals surface area contributed by atoms with E-state index >= 15 is 0 Å². The summed E-state index contributed by atoms with van der Waals surface area (Å²) in [6.07, 6.45) is 15.1. The second-order valence-corrected chi connectivity index (χ2v) is 11.8. The number of rotatable bonds is 9. The van der Waals surface area contributed by atoms with Gasteiger partial charge in [-0.1, -0.05) is 6.42 Å². The van der Waals surface area contributed by atoms with Crippen LogP contribution in [0.15, 0.2) is 67.4 Å². The van der Waals surface area contributed by atoms with Gasteiger partial charge in [0.25, 0.3) is 0 Å². The molecule has 44 heavy (non-hydrogen) atoms. The molecule has 6 aromatic rings. The minimum Gasteiger partial charge on any atom is -0.489 e. The topological polar surface area (TPSA) is 108 Å². The highest BCUT2D eigenvalue weighted by atomic mass is 19.1.